The number of allylic oxidation sites excluding steroid dienone is 3. The zero-order chi connectivity index (χ0) is 26.5. The van der Waals surface area contributed by atoms with Gasteiger partial charge in [0.25, 0.3) is 0 Å². The highest BCUT2D eigenvalue weighted by atomic mass is 14.4. The van der Waals surface area contributed by atoms with Crippen LogP contribution in [0.4, 0.5) is 0 Å². The van der Waals surface area contributed by atoms with Gasteiger partial charge < -0.3 is 0 Å². The minimum atomic E-state index is 0.533. The van der Waals surface area contributed by atoms with Crippen LogP contribution in [-0.2, 0) is 6.42 Å². The number of benzene rings is 2. The van der Waals surface area contributed by atoms with Crippen molar-refractivity contribution < 1.29 is 0 Å². The highest BCUT2D eigenvalue weighted by molar-refractivity contribution is 5.80. The molecule has 2 unspecified atom stereocenters. The summed E-state index contributed by atoms with van der Waals surface area (Å²) in [5, 5.41) is 0. The molecule has 0 fully saturated rings. The van der Waals surface area contributed by atoms with Gasteiger partial charge in [0, 0.05) is 5.92 Å². The molecule has 0 saturated carbocycles. The second kappa shape index (κ2) is 10.4. The van der Waals surface area contributed by atoms with Crippen molar-refractivity contribution in [3.8, 4) is 0 Å². The van der Waals surface area contributed by atoms with Crippen molar-refractivity contribution in [2.24, 2.45) is 5.92 Å². The van der Waals surface area contributed by atoms with Crippen LogP contribution >= 0.6 is 0 Å². The first kappa shape index (κ1) is 27.0. The summed E-state index contributed by atoms with van der Waals surface area (Å²) < 4.78 is 0. The van der Waals surface area contributed by atoms with E-state index in [0.717, 1.165) is 6.42 Å². The van der Waals surface area contributed by atoms with Crippen molar-refractivity contribution >= 4 is 11.6 Å². The summed E-state index contributed by atoms with van der Waals surface area (Å²) in [4.78, 5) is 0. The van der Waals surface area contributed by atoms with Crippen molar-refractivity contribution in [3.05, 3.63) is 79.9 Å². The lowest BCUT2D eigenvalue weighted by Gasteiger charge is -2.30. The van der Waals surface area contributed by atoms with Crippen LogP contribution in [0.2, 0.25) is 0 Å². The van der Waals surface area contributed by atoms with Crippen LogP contribution in [0.15, 0.2) is 35.4 Å². The first-order chi connectivity index (χ1) is 16.9. The second-order valence-corrected chi connectivity index (χ2v) is 13.1. The maximum atomic E-state index is 2.53. The molecule has 0 saturated heterocycles. The van der Waals surface area contributed by atoms with Gasteiger partial charge in [0.1, 0.15) is 0 Å². The number of rotatable bonds is 8. The molecule has 2 aromatic rings. The zero-order valence-electron chi connectivity index (χ0n) is 25.0. The fourth-order valence-electron chi connectivity index (χ4n) is 6.87. The number of fused-ring (bicyclic) bond motifs is 2. The molecule has 0 bridgehead atoms. The molecule has 4 rings (SSSR count). The molecule has 194 valence electrons. The Morgan fingerprint density at radius 1 is 0.750 bits per heavy atom. The zero-order valence-corrected chi connectivity index (χ0v) is 25.0. The van der Waals surface area contributed by atoms with E-state index in [1.807, 2.05) is 0 Å². The summed E-state index contributed by atoms with van der Waals surface area (Å²) in [6.07, 6.45) is 6.05. The van der Waals surface area contributed by atoms with Gasteiger partial charge in [-0.15, -0.1) is 0 Å². The van der Waals surface area contributed by atoms with Crippen LogP contribution in [0.3, 0.4) is 0 Å². The fraction of sp³-hybridized carbons (Fsp3) is 0.556. The van der Waals surface area contributed by atoms with Crippen LogP contribution in [0.1, 0.15) is 163 Å². The standard InChI is InChI=1S/C36H50/c1-12-26(34-25(11)14-30-16-28(21(4)5)19-32(23(8)9)36(30)34)17-33-24(10)13-29-15-27(20(2)3)18-31(22(6)7)35(29)33/h14-16,18-23,26,34H,12-13,17H2,1-11H3. The molecule has 0 nitrogen and oxygen atoms in total. The molecule has 0 spiro atoms. The van der Waals surface area contributed by atoms with E-state index in [-0.39, 0.29) is 0 Å². The summed E-state index contributed by atoms with van der Waals surface area (Å²) >= 11 is 0. The van der Waals surface area contributed by atoms with Gasteiger partial charge in [-0.05, 0) is 106 Å². The van der Waals surface area contributed by atoms with E-state index < -0.39 is 0 Å². The average Bonchev–Trinajstić information content (AvgIpc) is 3.30. The van der Waals surface area contributed by atoms with E-state index >= 15 is 0 Å². The first-order valence-electron chi connectivity index (χ1n) is 14.7. The van der Waals surface area contributed by atoms with E-state index in [0.29, 0.717) is 35.5 Å². The van der Waals surface area contributed by atoms with Gasteiger partial charge in [-0.25, -0.2) is 0 Å². The number of hydrogen-bond acceptors (Lipinski definition) is 0. The monoisotopic (exact) mass is 482 g/mol. The van der Waals surface area contributed by atoms with Crippen LogP contribution in [-0.4, -0.2) is 0 Å². The Labute approximate surface area is 222 Å². The lowest BCUT2D eigenvalue weighted by atomic mass is 9.74. The molecule has 0 N–H and O–H groups in total. The van der Waals surface area contributed by atoms with Crippen LogP contribution in [0, 0.1) is 5.92 Å². The Morgan fingerprint density at radius 3 is 1.89 bits per heavy atom. The lowest BCUT2D eigenvalue weighted by Crippen LogP contribution is -2.16. The summed E-state index contributed by atoms with van der Waals surface area (Å²) in [6, 6.07) is 10.1. The number of hydrogen-bond donors (Lipinski definition) is 0. The van der Waals surface area contributed by atoms with E-state index in [2.05, 4.69) is 107 Å². The van der Waals surface area contributed by atoms with E-state index in [1.165, 1.54) is 29.5 Å². The maximum Gasteiger partial charge on any atom is 0.00888 e. The van der Waals surface area contributed by atoms with Crippen LogP contribution in [0.25, 0.3) is 11.6 Å². The topological polar surface area (TPSA) is 0 Å². The Bertz CT molecular complexity index is 1200. The maximum absolute atomic E-state index is 2.53. The molecule has 0 aromatic heterocycles. The third-order valence-electron chi connectivity index (χ3n) is 9.04. The molecule has 2 atom stereocenters. The summed E-state index contributed by atoms with van der Waals surface area (Å²) in [7, 11) is 0. The van der Waals surface area contributed by atoms with Gasteiger partial charge in [-0.1, -0.05) is 110 Å². The molecule has 2 aliphatic rings. The van der Waals surface area contributed by atoms with Crippen molar-refractivity contribution in [2.75, 3.05) is 0 Å². The smallest absolute Gasteiger partial charge is 0.00888 e. The summed E-state index contributed by atoms with van der Waals surface area (Å²) in [5.74, 6) is 3.40. The van der Waals surface area contributed by atoms with E-state index in [4.69, 9.17) is 0 Å². The molecular formula is C36H50. The molecule has 36 heavy (non-hydrogen) atoms. The Kier molecular flexibility index (Phi) is 7.76. The molecule has 0 radical (unpaired) electrons. The van der Waals surface area contributed by atoms with Crippen molar-refractivity contribution in [2.45, 2.75) is 125 Å². The highest BCUT2D eigenvalue weighted by Crippen LogP contribution is 2.51. The molecule has 2 aromatic carbocycles. The van der Waals surface area contributed by atoms with Gasteiger partial charge in [-0.3, -0.25) is 0 Å². The predicted octanol–water partition coefficient (Wildman–Crippen LogP) is 11.1. The van der Waals surface area contributed by atoms with E-state index in [1.54, 1.807) is 44.5 Å². The summed E-state index contributed by atoms with van der Waals surface area (Å²) in [5.41, 5.74) is 17.3. The molecular weight excluding hydrogens is 432 g/mol. The largest absolute Gasteiger partial charge is 0.0651 e. The Balaban J connectivity index is 1.78. The molecule has 0 heterocycles. The Hall–Kier alpha value is -2.08. The lowest BCUT2D eigenvalue weighted by molar-refractivity contribution is 0.459. The SMILES string of the molecule is CCC(CC1=C(C)Cc2cc(C(C)C)cc(C(C)C)c21)C1C(C)=Cc2cc(C(C)C)cc(C(C)C)c21. The van der Waals surface area contributed by atoms with Crippen LogP contribution in [0.5, 0.6) is 0 Å². The third kappa shape index (κ3) is 4.78. The predicted molar refractivity (Wildman–Crippen MR) is 160 cm³/mol. The Morgan fingerprint density at radius 2 is 1.33 bits per heavy atom. The minimum absolute atomic E-state index is 0.533. The first-order valence-corrected chi connectivity index (χ1v) is 14.7. The minimum Gasteiger partial charge on any atom is -0.0651 e. The van der Waals surface area contributed by atoms with Gasteiger partial charge >= 0.3 is 0 Å². The normalized spacial score (nSPS) is 18.1. The van der Waals surface area contributed by atoms with E-state index in [9.17, 15) is 0 Å². The molecule has 0 aliphatic heterocycles. The molecule has 0 heteroatoms. The van der Waals surface area contributed by atoms with Crippen LogP contribution < -0.4 is 0 Å². The third-order valence-corrected chi connectivity index (χ3v) is 9.04. The van der Waals surface area contributed by atoms with Gasteiger partial charge in [0.05, 0.1) is 0 Å². The van der Waals surface area contributed by atoms with Gasteiger partial charge in [0.2, 0.25) is 0 Å². The van der Waals surface area contributed by atoms with Crippen molar-refractivity contribution in [1.29, 1.82) is 0 Å². The fourth-order valence-corrected chi connectivity index (χ4v) is 6.87. The van der Waals surface area contributed by atoms with Gasteiger partial charge in [0.15, 0.2) is 0 Å². The van der Waals surface area contributed by atoms with Crippen molar-refractivity contribution in [3.63, 3.8) is 0 Å². The quantitative estimate of drug-likeness (QED) is 0.351. The highest BCUT2D eigenvalue weighted by Gasteiger charge is 2.35. The average molecular weight is 483 g/mol. The van der Waals surface area contributed by atoms with Gasteiger partial charge in [-0.2, -0.15) is 0 Å². The van der Waals surface area contributed by atoms with Crippen molar-refractivity contribution in [1.82, 2.24) is 0 Å². The molecule has 2 aliphatic carbocycles. The second-order valence-electron chi connectivity index (χ2n) is 13.1. The summed E-state index contributed by atoms with van der Waals surface area (Å²) in [6.45, 7) is 26.1. The molecule has 0 amide bonds.